The lowest BCUT2D eigenvalue weighted by Crippen LogP contribution is -2.37. The number of phosphoric acid groups is 1. The number of nitrogens with zero attached hydrogens (tertiary/aromatic N) is 1. The molecular formula is C74H121NO8P+. The highest BCUT2D eigenvalue weighted by Crippen LogP contribution is 2.43. The summed E-state index contributed by atoms with van der Waals surface area (Å²) in [6.07, 6.45) is 95.7. The maximum absolute atomic E-state index is 12.9. The van der Waals surface area contributed by atoms with Crippen LogP contribution in [0.3, 0.4) is 0 Å². The molecule has 474 valence electrons. The van der Waals surface area contributed by atoms with Gasteiger partial charge >= 0.3 is 19.8 Å². The summed E-state index contributed by atoms with van der Waals surface area (Å²) in [6.45, 7) is 4.16. The van der Waals surface area contributed by atoms with E-state index < -0.39 is 26.5 Å². The van der Waals surface area contributed by atoms with Gasteiger partial charge in [0.25, 0.3) is 0 Å². The number of carbonyl (C=O) groups is 2. The Morgan fingerprint density at radius 2 is 0.643 bits per heavy atom. The molecule has 0 amide bonds. The first-order valence-corrected chi connectivity index (χ1v) is 34.4. The van der Waals surface area contributed by atoms with Crippen molar-refractivity contribution in [3.8, 4) is 0 Å². The van der Waals surface area contributed by atoms with E-state index in [1.165, 1.54) is 38.5 Å². The number of carbonyl (C=O) groups excluding carboxylic acids is 2. The van der Waals surface area contributed by atoms with Crippen molar-refractivity contribution >= 4 is 19.8 Å². The molecule has 0 aliphatic rings. The zero-order valence-electron chi connectivity index (χ0n) is 53.8. The van der Waals surface area contributed by atoms with E-state index in [1.54, 1.807) is 0 Å². The minimum atomic E-state index is -4.41. The van der Waals surface area contributed by atoms with Crippen LogP contribution < -0.4 is 0 Å². The largest absolute Gasteiger partial charge is 0.472 e. The molecule has 10 heteroatoms. The Morgan fingerprint density at radius 3 is 0.952 bits per heavy atom. The normalized spacial score (nSPS) is 14.3. The molecule has 2 atom stereocenters. The van der Waals surface area contributed by atoms with Crippen molar-refractivity contribution in [3.63, 3.8) is 0 Å². The van der Waals surface area contributed by atoms with E-state index in [0.717, 1.165) is 161 Å². The molecule has 0 fully saturated rings. The Hall–Kier alpha value is -4.63. The molecule has 0 aliphatic carbocycles. The molecule has 0 heterocycles. The summed E-state index contributed by atoms with van der Waals surface area (Å²) in [5.41, 5.74) is 0. The molecule has 0 saturated heterocycles. The summed E-state index contributed by atoms with van der Waals surface area (Å²) in [5, 5.41) is 0. The summed E-state index contributed by atoms with van der Waals surface area (Å²) in [5.74, 6) is -0.831. The van der Waals surface area contributed by atoms with Crippen LogP contribution in [0.1, 0.15) is 232 Å². The molecule has 0 aromatic rings. The maximum atomic E-state index is 12.9. The van der Waals surface area contributed by atoms with E-state index in [4.69, 9.17) is 18.5 Å². The molecule has 0 spiro atoms. The van der Waals surface area contributed by atoms with Crippen molar-refractivity contribution in [2.24, 2.45) is 0 Å². The fourth-order valence-corrected chi connectivity index (χ4v) is 9.01. The molecule has 84 heavy (non-hydrogen) atoms. The zero-order chi connectivity index (χ0) is 61.2. The summed E-state index contributed by atoms with van der Waals surface area (Å²) in [7, 11) is 1.44. The first-order valence-electron chi connectivity index (χ1n) is 32.9. The monoisotopic (exact) mass is 1180 g/mol. The summed E-state index contributed by atoms with van der Waals surface area (Å²) in [4.78, 5) is 35.8. The second-order valence-electron chi connectivity index (χ2n) is 22.4. The SMILES string of the molecule is CC/C=C\C/C=C\C/C=C\C/C=C\C/C=C\C/C=C\C/C=C\C/C=C\CCCCCCCCC(=O)OC(COC(=O)CCCCCCCCCCCC/C=C\C/C=C\C/C=C\C/C=C\C/C=C\C/C=C\CC)COP(=O)(O)OCC[N+](C)(C)C. The Labute approximate surface area is 515 Å². The minimum Gasteiger partial charge on any atom is -0.462 e. The van der Waals surface area contributed by atoms with Gasteiger partial charge < -0.3 is 18.9 Å². The molecule has 0 aromatic carbocycles. The Bertz CT molecular complexity index is 2020. The van der Waals surface area contributed by atoms with Crippen LogP contribution in [0.4, 0.5) is 0 Å². The van der Waals surface area contributed by atoms with Crippen LogP contribution in [0, 0.1) is 0 Å². The summed E-state index contributed by atoms with van der Waals surface area (Å²) in [6, 6.07) is 0. The van der Waals surface area contributed by atoms with E-state index in [-0.39, 0.29) is 32.0 Å². The van der Waals surface area contributed by atoms with Gasteiger partial charge in [0.15, 0.2) is 6.10 Å². The number of rotatable bonds is 58. The molecular weight excluding hydrogens is 1060 g/mol. The van der Waals surface area contributed by atoms with Crippen molar-refractivity contribution in [3.05, 3.63) is 170 Å². The van der Waals surface area contributed by atoms with Crippen molar-refractivity contribution in [1.29, 1.82) is 0 Å². The average molecular weight is 1180 g/mol. The number of hydrogen-bond donors (Lipinski definition) is 1. The fraction of sp³-hybridized carbons (Fsp3) is 0.595. The molecule has 0 bridgehead atoms. The number of likely N-dealkylation sites (N-methyl/N-ethyl adjacent to an activating group) is 1. The van der Waals surface area contributed by atoms with Crippen LogP contribution in [0.5, 0.6) is 0 Å². The number of hydrogen-bond acceptors (Lipinski definition) is 7. The maximum Gasteiger partial charge on any atom is 0.472 e. The van der Waals surface area contributed by atoms with Crippen LogP contribution in [-0.4, -0.2) is 74.9 Å². The highest BCUT2D eigenvalue weighted by Gasteiger charge is 2.27. The third-order valence-corrected chi connectivity index (χ3v) is 14.2. The predicted molar refractivity (Wildman–Crippen MR) is 362 cm³/mol. The van der Waals surface area contributed by atoms with Crippen LogP contribution in [0.15, 0.2) is 170 Å². The minimum absolute atomic E-state index is 0.0180. The van der Waals surface area contributed by atoms with Crippen LogP contribution in [0.2, 0.25) is 0 Å². The second kappa shape index (κ2) is 62.9. The van der Waals surface area contributed by atoms with Gasteiger partial charge in [-0.15, -0.1) is 0 Å². The van der Waals surface area contributed by atoms with E-state index >= 15 is 0 Å². The average Bonchev–Trinajstić information content (AvgIpc) is 3.61. The van der Waals surface area contributed by atoms with Crippen molar-refractivity contribution in [2.45, 2.75) is 238 Å². The molecule has 2 unspecified atom stereocenters. The molecule has 0 radical (unpaired) electrons. The van der Waals surface area contributed by atoms with Gasteiger partial charge in [0.05, 0.1) is 27.7 Å². The third kappa shape index (κ3) is 66.5. The summed E-state index contributed by atoms with van der Waals surface area (Å²) < 4.78 is 34.6. The topological polar surface area (TPSA) is 108 Å². The highest BCUT2D eigenvalue weighted by molar-refractivity contribution is 7.47. The smallest absolute Gasteiger partial charge is 0.462 e. The number of unbranched alkanes of at least 4 members (excludes halogenated alkanes) is 16. The van der Waals surface area contributed by atoms with Crippen molar-refractivity contribution in [1.82, 2.24) is 0 Å². The molecule has 0 rings (SSSR count). The molecule has 1 N–H and O–H groups in total. The lowest BCUT2D eigenvalue weighted by molar-refractivity contribution is -0.870. The highest BCUT2D eigenvalue weighted by atomic mass is 31.2. The summed E-state index contributed by atoms with van der Waals surface area (Å²) >= 11 is 0. The van der Waals surface area contributed by atoms with Crippen molar-refractivity contribution in [2.75, 3.05) is 47.5 Å². The molecule has 0 aromatic heterocycles. The van der Waals surface area contributed by atoms with E-state index in [9.17, 15) is 19.0 Å². The van der Waals surface area contributed by atoms with Gasteiger partial charge in [-0.2, -0.15) is 0 Å². The van der Waals surface area contributed by atoms with Crippen LogP contribution >= 0.6 is 7.82 Å². The van der Waals surface area contributed by atoms with Gasteiger partial charge in [0.2, 0.25) is 0 Å². The first-order chi connectivity index (χ1) is 41.0. The first kappa shape index (κ1) is 79.4. The zero-order valence-corrected chi connectivity index (χ0v) is 54.7. The number of phosphoric ester groups is 1. The van der Waals surface area contributed by atoms with Crippen LogP contribution in [0.25, 0.3) is 0 Å². The van der Waals surface area contributed by atoms with E-state index in [2.05, 4.69) is 184 Å². The van der Waals surface area contributed by atoms with Gasteiger partial charge in [-0.1, -0.05) is 261 Å². The molecule has 0 aliphatic heterocycles. The Morgan fingerprint density at radius 1 is 0.369 bits per heavy atom. The van der Waals surface area contributed by atoms with E-state index in [0.29, 0.717) is 17.4 Å². The van der Waals surface area contributed by atoms with Gasteiger partial charge in [-0.25, -0.2) is 4.57 Å². The Balaban J connectivity index is 4.21. The number of allylic oxidation sites excluding steroid dienone is 28. The molecule has 9 nitrogen and oxygen atoms in total. The van der Waals surface area contributed by atoms with Gasteiger partial charge in [0, 0.05) is 12.8 Å². The van der Waals surface area contributed by atoms with Crippen LogP contribution in [-0.2, 0) is 32.7 Å². The lowest BCUT2D eigenvalue weighted by atomic mass is 10.1. The second-order valence-corrected chi connectivity index (χ2v) is 23.8. The number of quaternary nitrogens is 1. The number of esters is 2. The van der Waals surface area contributed by atoms with Gasteiger partial charge in [0.1, 0.15) is 19.8 Å². The van der Waals surface area contributed by atoms with E-state index in [1.807, 2.05) is 21.1 Å². The fourth-order valence-electron chi connectivity index (χ4n) is 8.27. The van der Waals surface area contributed by atoms with Crippen molar-refractivity contribution < 1.29 is 42.1 Å². The third-order valence-electron chi connectivity index (χ3n) is 13.2. The quantitative estimate of drug-likeness (QED) is 0.0211. The number of ether oxygens (including phenoxy) is 2. The van der Waals surface area contributed by atoms with Gasteiger partial charge in [-0.05, 0) is 128 Å². The lowest BCUT2D eigenvalue weighted by Gasteiger charge is -2.24. The Kier molecular flexibility index (Phi) is 59.4. The standard InChI is InChI=1S/C74H120NO8P/c1-6-8-10-12-14-16-18-20-22-24-26-28-30-32-34-36-37-39-41-43-45-47-49-51-53-55-57-59-61-63-65-67-74(77)83-72(71-82-84(78,79)81-69-68-75(3,4)5)70-80-73(76)66-64-62-60-58-56-54-52-50-48-46-44-42-40-38-35-33-31-29-27-25-23-21-19-17-15-13-11-9-7-2/h8-11,14-17,20-23,26-29,32-35,37,39-40,42-43,45,49,51,72H,6-7,12-13,18-19,24-25,30-31,36,38,41,44,46-48,50,52-71H2,1-5H3/p+1/b10-8-,11-9-,16-14-,17-15-,22-20-,23-21-,28-26-,29-27-,34-32-,35-33-,39-37-,42-40-,45-43-,51-49-. The molecule has 0 saturated carbocycles. The predicted octanol–water partition coefficient (Wildman–Crippen LogP) is 21.4. The van der Waals surface area contributed by atoms with Gasteiger partial charge in [-0.3, -0.25) is 18.6 Å².